The van der Waals surface area contributed by atoms with E-state index in [0.717, 1.165) is 18.4 Å². The Bertz CT molecular complexity index is 1110. The van der Waals surface area contributed by atoms with Crippen LogP contribution in [0, 0.1) is 11.3 Å². The highest BCUT2D eigenvalue weighted by atomic mass is 16.5. The summed E-state index contributed by atoms with van der Waals surface area (Å²) in [4.78, 5) is 41.6. The molecule has 162 valence electrons. The van der Waals surface area contributed by atoms with Gasteiger partial charge in [-0.3, -0.25) is 19.3 Å². The van der Waals surface area contributed by atoms with Gasteiger partial charge in [0.2, 0.25) is 0 Å². The molecule has 0 N–H and O–H groups in total. The molecule has 32 heavy (non-hydrogen) atoms. The maximum Gasteiger partial charge on any atom is 0.261 e. The first-order valence-corrected chi connectivity index (χ1v) is 10.5. The van der Waals surface area contributed by atoms with Gasteiger partial charge >= 0.3 is 0 Å². The Balaban J connectivity index is 1.54. The number of fused-ring (bicyclic) bond motifs is 1. The standard InChI is InChI=1S/C25H23N3O4/c1-2-11-27(15-18-7-5-17(14-26)6-8-18)23(29)19-9-10-21-22(13-19)25(31)28(24(21)30)16-20-4-3-12-32-20/h2,5-10,13,20H,1,3-4,11-12,15-16H2. The molecule has 2 aliphatic rings. The van der Waals surface area contributed by atoms with Crippen LogP contribution in [0.5, 0.6) is 0 Å². The molecule has 1 fully saturated rings. The first-order chi connectivity index (χ1) is 15.5. The van der Waals surface area contributed by atoms with E-state index in [4.69, 9.17) is 10.00 Å². The van der Waals surface area contributed by atoms with Crippen molar-refractivity contribution >= 4 is 17.7 Å². The van der Waals surface area contributed by atoms with Crippen LogP contribution in [-0.4, -0.2) is 53.3 Å². The molecule has 2 heterocycles. The molecule has 2 aromatic rings. The summed E-state index contributed by atoms with van der Waals surface area (Å²) in [6.07, 6.45) is 3.25. The smallest absolute Gasteiger partial charge is 0.261 e. The number of amides is 3. The predicted octanol–water partition coefficient (Wildman–Crippen LogP) is 3.16. The van der Waals surface area contributed by atoms with Crippen molar-refractivity contribution in [2.24, 2.45) is 0 Å². The Kier molecular flexibility index (Phi) is 6.15. The maximum atomic E-state index is 13.2. The average Bonchev–Trinajstić information content (AvgIpc) is 3.41. The molecule has 0 bridgehead atoms. The lowest BCUT2D eigenvalue weighted by Crippen LogP contribution is -2.36. The molecule has 7 nitrogen and oxygen atoms in total. The van der Waals surface area contributed by atoms with Crippen LogP contribution in [-0.2, 0) is 11.3 Å². The van der Waals surface area contributed by atoms with Gasteiger partial charge < -0.3 is 9.64 Å². The number of carbonyl (C=O) groups excluding carboxylic acids is 3. The van der Waals surface area contributed by atoms with Crippen molar-refractivity contribution in [3.63, 3.8) is 0 Å². The van der Waals surface area contributed by atoms with Crippen LogP contribution in [0.4, 0.5) is 0 Å². The quantitative estimate of drug-likeness (QED) is 0.498. The normalized spacial score (nSPS) is 17.2. The zero-order valence-electron chi connectivity index (χ0n) is 17.6. The van der Waals surface area contributed by atoms with Gasteiger partial charge in [0, 0.05) is 25.3 Å². The van der Waals surface area contributed by atoms with Crippen molar-refractivity contribution in [3.05, 3.63) is 82.9 Å². The van der Waals surface area contributed by atoms with E-state index in [9.17, 15) is 14.4 Å². The molecule has 7 heteroatoms. The van der Waals surface area contributed by atoms with Gasteiger partial charge in [-0.15, -0.1) is 6.58 Å². The third kappa shape index (κ3) is 4.18. The van der Waals surface area contributed by atoms with E-state index in [1.54, 1.807) is 47.4 Å². The molecule has 0 saturated carbocycles. The SMILES string of the molecule is C=CCN(Cc1ccc(C#N)cc1)C(=O)c1ccc2c(c1)C(=O)N(CC1CCCO1)C2=O. The molecule has 4 rings (SSSR count). The van der Waals surface area contributed by atoms with Crippen LogP contribution in [0.2, 0.25) is 0 Å². The van der Waals surface area contributed by atoms with E-state index in [2.05, 4.69) is 12.6 Å². The van der Waals surface area contributed by atoms with E-state index >= 15 is 0 Å². The zero-order valence-corrected chi connectivity index (χ0v) is 17.6. The lowest BCUT2D eigenvalue weighted by Gasteiger charge is -2.21. The van der Waals surface area contributed by atoms with Crippen molar-refractivity contribution < 1.29 is 19.1 Å². The van der Waals surface area contributed by atoms with E-state index < -0.39 is 5.91 Å². The summed E-state index contributed by atoms with van der Waals surface area (Å²) in [5, 5.41) is 8.96. The van der Waals surface area contributed by atoms with Gasteiger partial charge in [-0.2, -0.15) is 5.26 Å². The molecule has 0 aromatic heterocycles. The minimum absolute atomic E-state index is 0.131. The molecule has 0 aliphatic carbocycles. The molecule has 0 radical (unpaired) electrons. The number of nitriles is 1. The fourth-order valence-corrected chi connectivity index (χ4v) is 4.04. The Morgan fingerprint density at radius 3 is 2.59 bits per heavy atom. The summed E-state index contributed by atoms with van der Waals surface area (Å²) >= 11 is 0. The number of carbonyl (C=O) groups is 3. The monoisotopic (exact) mass is 429 g/mol. The van der Waals surface area contributed by atoms with Crippen LogP contribution < -0.4 is 0 Å². The second-order valence-corrected chi connectivity index (χ2v) is 7.90. The lowest BCUT2D eigenvalue weighted by atomic mass is 10.0. The lowest BCUT2D eigenvalue weighted by molar-refractivity contribution is 0.0475. The number of rotatable bonds is 7. The number of hydrogen-bond acceptors (Lipinski definition) is 5. The Hall–Kier alpha value is -3.76. The van der Waals surface area contributed by atoms with Crippen molar-refractivity contribution in [1.82, 2.24) is 9.80 Å². The summed E-state index contributed by atoms with van der Waals surface area (Å²) in [7, 11) is 0. The van der Waals surface area contributed by atoms with Gasteiger partial charge in [-0.25, -0.2) is 0 Å². The largest absolute Gasteiger partial charge is 0.376 e. The Morgan fingerprint density at radius 1 is 1.19 bits per heavy atom. The van der Waals surface area contributed by atoms with Gasteiger partial charge in [0.1, 0.15) is 0 Å². The number of ether oxygens (including phenoxy) is 1. The molecule has 1 atom stereocenters. The van der Waals surface area contributed by atoms with Crippen LogP contribution in [0.25, 0.3) is 0 Å². The van der Waals surface area contributed by atoms with Crippen molar-refractivity contribution in [1.29, 1.82) is 5.26 Å². The van der Waals surface area contributed by atoms with Crippen LogP contribution in [0.3, 0.4) is 0 Å². The maximum absolute atomic E-state index is 13.2. The number of benzene rings is 2. The summed E-state index contributed by atoms with van der Waals surface area (Å²) in [6, 6.07) is 13.7. The molecule has 1 saturated heterocycles. The van der Waals surface area contributed by atoms with Gasteiger partial charge in [0.15, 0.2) is 0 Å². The third-order valence-corrected chi connectivity index (χ3v) is 5.72. The fraction of sp³-hybridized carbons (Fsp3) is 0.280. The molecule has 2 aliphatic heterocycles. The molecule has 0 spiro atoms. The minimum Gasteiger partial charge on any atom is -0.376 e. The third-order valence-electron chi connectivity index (χ3n) is 5.72. The van der Waals surface area contributed by atoms with Crippen molar-refractivity contribution in [2.45, 2.75) is 25.5 Å². The second kappa shape index (κ2) is 9.16. The van der Waals surface area contributed by atoms with E-state index in [1.807, 2.05) is 0 Å². The van der Waals surface area contributed by atoms with Gasteiger partial charge in [-0.1, -0.05) is 18.2 Å². The van der Waals surface area contributed by atoms with Gasteiger partial charge in [0.05, 0.1) is 35.4 Å². The summed E-state index contributed by atoms with van der Waals surface area (Å²) in [5.74, 6) is -1.01. The Morgan fingerprint density at radius 2 is 1.94 bits per heavy atom. The second-order valence-electron chi connectivity index (χ2n) is 7.90. The average molecular weight is 429 g/mol. The summed E-state index contributed by atoms with van der Waals surface area (Å²) in [5.41, 5.74) is 2.31. The van der Waals surface area contributed by atoms with Gasteiger partial charge in [-0.05, 0) is 48.7 Å². The van der Waals surface area contributed by atoms with Crippen LogP contribution >= 0.6 is 0 Å². The van der Waals surface area contributed by atoms with Gasteiger partial charge in [0.25, 0.3) is 17.7 Å². The summed E-state index contributed by atoms with van der Waals surface area (Å²) < 4.78 is 5.57. The molecule has 3 amide bonds. The molecular weight excluding hydrogens is 406 g/mol. The first-order valence-electron chi connectivity index (χ1n) is 10.5. The fourth-order valence-electron chi connectivity index (χ4n) is 4.04. The van der Waals surface area contributed by atoms with E-state index in [0.29, 0.717) is 36.4 Å². The zero-order chi connectivity index (χ0) is 22.7. The number of nitrogens with zero attached hydrogens (tertiary/aromatic N) is 3. The highest BCUT2D eigenvalue weighted by Crippen LogP contribution is 2.26. The van der Waals surface area contributed by atoms with E-state index in [1.165, 1.54) is 11.0 Å². The van der Waals surface area contributed by atoms with Crippen LogP contribution in [0.1, 0.15) is 55.0 Å². The highest BCUT2D eigenvalue weighted by Gasteiger charge is 2.38. The van der Waals surface area contributed by atoms with Crippen molar-refractivity contribution in [3.8, 4) is 6.07 Å². The number of imide groups is 1. The summed E-state index contributed by atoms with van der Waals surface area (Å²) in [6.45, 7) is 5.25. The highest BCUT2D eigenvalue weighted by molar-refractivity contribution is 6.22. The predicted molar refractivity (Wildman–Crippen MR) is 117 cm³/mol. The Labute approximate surface area is 186 Å². The first kappa shape index (κ1) is 21.5. The molecule has 2 aromatic carbocycles. The minimum atomic E-state index is -0.391. The van der Waals surface area contributed by atoms with E-state index in [-0.39, 0.29) is 30.0 Å². The molecule has 1 unspecified atom stereocenters. The van der Waals surface area contributed by atoms with Crippen LogP contribution in [0.15, 0.2) is 55.1 Å². The number of hydrogen-bond donors (Lipinski definition) is 0. The topological polar surface area (TPSA) is 90.7 Å². The van der Waals surface area contributed by atoms with Crippen molar-refractivity contribution in [2.75, 3.05) is 19.7 Å². The molecular formula is C25H23N3O4.